The fraction of sp³-hybridized carbons (Fsp3) is 0.125. The summed E-state index contributed by atoms with van der Waals surface area (Å²) in [5.74, 6) is -0.217. The van der Waals surface area contributed by atoms with Crippen LogP contribution in [0.25, 0.3) is 10.9 Å². The lowest BCUT2D eigenvalue weighted by Crippen LogP contribution is -2.03. The Kier molecular flexibility index (Phi) is 3.73. The number of hydrogen-bond donors (Lipinski definition) is 1. The molecule has 1 aromatic heterocycles. The topological polar surface area (TPSA) is 64.4 Å². The molecule has 0 bridgehead atoms. The van der Waals surface area contributed by atoms with Gasteiger partial charge >= 0.3 is 5.97 Å². The van der Waals surface area contributed by atoms with Crippen LogP contribution in [0, 0.1) is 0 Å². The smallest absolute Gasteiger partial charge is 0.336 e. The first-order valence-electron chi connectivity index (χ1n) is 6.60. The molecule has 0 spiro atoms. The normalized spacial score (nSPS) is 10.8. The Hall–Kier alpha value is -2.53. The first-order chi connectivity index (χ1) is 10.6. The number of aromatic carboxylic acids is 1. The average Bonchev–Trinajstić information content (AvgIpc) is 2.93. The number of carboxylic acids is 1. The standard InChI is InChI=1S/C16H13ClN2O3/c1-22-11-4-2-10(3-5-11)9-19-15-13(8-18-19)12(16(20)21)6-7-14(15)17/h2-8H,9H2,1H3,(H,20,21). The summed E-state index contributed by atoms with van der Waals surface area (Å²) in [5, 5.41) is 14.5. The minimum absolute atomic E-state index is 0.195. The average molecular weight is 317 g/mol. The van der Waals surface area contributed by atoms with E-state index in [0.717, 1.165) is 11.3 Å². The number of carboxylic acid groups (broad SMARTS) is 1. The van der Waals surface area contributed by atoms with Gasteiger partial charge in [0, 0.05) is 5.39 Å². The third kappa shape index (κ3) is 2.51. The van der Waals surface area contributed by atoms with Crippen molar-refractivity contribution < 1.29 is 14.6 Å². The molecular formula is C16H13ClN2O3. The lowest BCUT2D eigenvalue weighted by Gasteiger charge is -2.07. The van der Waals surface area contributed by atoms with Gasteiger partial charge in [-0.1, -0.05) is 23.7 Å². The van der Waals surface area contributed by atoms with Crippen LogP contribution in [0.3, 0.4) is 0 Å². The summed E-state index contributed by atoms with van der Waals surface area (Å²) in [7, 11) is 1.61. The number of rotatable bonds is 4. The van der Waals surface area contributed by atoms with Crippen LogP contribution in [0.5, 0.6) is 5.75 Å². The lowest BCUT2D eigenvalue weighted by atomic mass is 10.1. The van der Waals surface area contributed by atoms with Crippen molar-refractivity contribution in [3.8, 4) is 5.75 Å². The van der Waals surface area contributed by atoms with Crippen LogP contribution in [0.2, 0.25) is 5.02 Å². The number of carbonyl (C=O) groups is 1. The number of benzene rings is 2. The summed E-state index contributed by atoms with van der Waals surface area (Å²) in [6.07, 6.45) is 1.54. The second-order valence-electron chi connectivity index (χ2n) is 4.81. The van der Waals surface area contributed by atoms with E-state index in [2.05, 4.69) is 5.10 Å². The second kappa shape index (κ2) is 5.69. The van der Waals surface area contributed by atoms with Crippen molar-refractivity contribution in [2.75, 3.05) is 7.11 Å². The van der Waals surface area contributed by atoms with Crippen molar-refractivity contribution in [1.29, 1.82) is 0 Å². The summed E-state index contributed by atoms with van der Waals surface area (Å²) in [5.41, 5.74) is 1.83. The molecule has 0 saturated heterocycles. The quantitative estimate of drug-likeness (QED) is 0.800. The summed E-state index contributed by atoms with van der Waals surface area (Å²) < 4.78 is 6.83. The minimum Gasteiger partial charge on any atom is -0.497 e. The molecule has 0 radical (unpaired) electrons. The molecule has 0 aliphatic carbocycles. The predicted octanol–water partition coefficient (Wildman–Crippen LogP) is 3.44. The highest BCUT2D eigenvalue weighted by atomic mass is 35.5. The SMILES string of the molecule is COc1ccc(Cn2ncc3c(C(=O)O)ccc(Cl)c32)cc1. The zero-order valence-corrected chi connectivity index (χ0v) is 12.5. The Bertz CT molecular complexity index is 840. The van der Waals surface area contributed by atoms with Gasteiger partial charge < -0.3 is 9.84 Å². The van der Waals surface area contributed by atoms with Crippen molar-refractivity contribution in [2.45, 2.75) is 6.54 Å². The fourth-order valence-electron chi connectivity index (χ4n) is 2.37. The van der Waals surface area contributed by atoms with E-state index in [1.165, 1.54) is 12.3 Å². The number of hydrogen-bond acceptors (Lipinski definition) is 3. The molecule has 22 heavy (non-hydrogen) atoms. The van der Waals surface area contributed by atoms with Crippen molar-refractivity contribution in [2.24, 2.45) is 0 Å². The molecule has 1 N–H and O–H groups in total. The Morgan fingerprint density at radius 1 is 1.27 bits per heavy atom. The van der Waals surface area contributed by atoms with Crippen molar-refractivity contribution in [1.82, 2.24) is 9.78 Å². The van der Waals surface area contributed by atoms with Crippen LogP contribution in [0.4, 0.5) is 0 Å². The van der Waals surface area contributed by atoms with E-state index in [4.69, 9.17) is 16.3 Å². The van der Waals surface area contributed by atoms with Crippen LogP contribution in [-0.2, 0) is 6.54 Å². The largest absolute Gasteiger partial charge is 0.497 e. The first kappa shape index (κ1) is 14.4. The highest BCUT2D eigenvalue weighted by Gasteiger charge is 2.15. The lowest BCUT2D eigenvalue weighted by molar-refractivity contribution is 0.0699. The summed E-state index contributed by atoms with van der Waals surface area (Å²) in [6.45, 7) is 0.496. The molecule has 0 aliphatic rings. The molecule has 112 valence electrons. The molecule has 0 amide bonds. The summed E-state index contributed by atoms with van der Waals surface area (Å²) in [4.78, 5) is 11.3. The molecule has 5 nitrogen and oxygen atoms in total. The number of nitrogens with zero attached hydrogens (tertiary/aromatic N) is 2. The van der Waals surface area contributed by atoms with E-state index >= 15 is 0 Å². The third-order valence-corrected chi connectivity index (χ3v) is 3.78. The minimum atomic E-state index is -0.995. The zero-order valence-electron chi connectivity index (χ0n) is 11.8. The van der Waals surface area contributed by atoms with Gasteiger partial charge in [0.25, 0.3) is 0 Å². The predicted molar refractivity (Wildman–Crippen MR) is 83.8 cm³/mol. The van der Waals surface area contributed by atoms with Gasteiger partial charge in [-0.3, -0.25) is 4.68 Å². The summed E-state index contributed by atoms with van der Waals surface area (Å²) >= 11 is 6.22. The molecule has 1 heterocycles. The number of halogens is 1. The Balaban J connectivity index is 2.04. The summed E-state index contributed by atoms with van der Waals surface area (Å²) in [6, 6.07) is 10.7. The monoisotopic (exact) mass is 316 g/mol. The van der Waals surface area contributed by atoms with E-state index < -0.39 is 5.97 Å². The van der Waals surface area contributed by atoms with Gasteiger partial charge in [0.05, 0.1) is 36.0 Å². The van der Waals surface area contributed by atoms with Gasteiger partial charge in [0.2, 0.25) is 0 Å². The third-order valence-electron chi connectivity index (χ3n) is 3.47. The van der Waals surface area contributed by atoms with Crippen LogP contribution < -0.4 is 4.74 Å². The molecule has 0 atom stereocenters. The maximum absolute atomic E-state index is 11.3. The molecular weight excluding hydrogens is 304 g/mol. The van der Waals surface area contributed by atoms with Gasteiger partial charge in [-0.15, -0.1) is 0 Å². The molecule has 3 rings (SSSR count). The van der Waals surface area contributed by atoms with Crippen molar-refractivity contribution in [3.05, 3.63) is 58.7 Å². The van der Waals surface area contributed by atoms with Gasteiger partial charge in [-0.05, 0) is 29.8 Å². The number of methoxy groups -OCH3 is 1. The van der Waals surface area contributed by atoms with Crippen molar-refractivity contribution in [3.63, 3.8) is 0 Å². The van der Waals surface area contributed by atoms with Crippen LogP contribution in [0.1, 0.15) is 15.9 Å². The molecule has 0 fully saturated rings. The van der Waals surface area contributed by atoms with E-state index in [-0.39, 0.29) is 5.56 Å². The van der Waals surface area contributed by atoms with Crippen LogP contribution >= 0.6 is 11.6 Å². The molecule has 0 saturated carbocycles. The van der Waals surface area contributed by atoms with Crippen LogP contribution in [-0.4, -0.2) is 28.0 Å². The Labute approximate surface area is 131 Å². The molecule has 3 aromatic rings. The van der Waals surface area contributed by atoms with Gasteiger partial charge in [-0.2, -0.15) is 5.10 Å². The van der Waals surface area contributed by atoms with E-state index in [1.54, 1.807) is 17.9 Å². The molecule has 2 aromatic carbocycles. The van der Waals surface area contributed by atoms with Crippen LogP contribution in [0.15, 0.2) is 42.6 Å². The zero-order chi connectivity index (χ0) is 15.7. The highest BCUT2D eigenvalue weighted by molar-refractivity contribution is 6.35. The molecule has 0 unspecified atom stereocenters. The molecule has 6 heteroatoms. The highest BCUT2D eigenvalue weighted by Crippen LogP contribution is 2.27. The maximum atomic E-state index is 11.3. The first-order valence-corrected chi connectivity index (χ1v) is 6.98. The Morgan fingerprint density at radius 2 is 2.00 bits per heavy atom. The van der Waals surface area contributed by atoms with Crippen molar-refractivity contribution >= 4 is 28.5 Å². The number of fused-ring (bicyclic) bond motifs is 1. The fourth-order valence-corrected chi connectivity index (χ4v) is 2.63. The Morgan fingerprint density at radius 3 is 2.64 bits per heavy atom. The van der Waals surface area contributed by atoms with E-state index in [9.17, 15) is 9.90 Å². The van der Waals surface area contributed by atoms with Gasteiger partial charge in [0.15, 0.2) is 0 Å². The van der Waals surface area contributed by atoms with E-state index in [1.807, 2.05) is 24.3 Å². The number of ether oxygens (including phenoxy) is 1. The van der Waals surface area contributed by atoms with Gasteiger partial charge in [-0.25, -0.2) is 4.79 Å². The maximum Gasteiger partial charge on any atom is 0.336 e. The van der Waals surface area contributed by atoms with E-state index in [0.29, 0.717) is 22.5 Å². The second-order valence-corrected chi connectivity index (χ2v) is 5.22. The van der Waals surface area contributed by atoms with Gasteiger partial charge in [0.1, 0.15) is 5.75 Å². The number of aromatic nitrogens is 2. The molecule has 0 aliphatic heterocycles.